The van der Waals surface area contributed by atoms with Crippen LogP contribution in [0.1, 0.15) is 26.0 Å². The summed E-state index contributed by atoms with van der Waals surface area (Å²) in [6, 6.07) is 2.75. The van der Waals surface area contributed by atoms with Crippen molar-refractivity contribution in [2.24, 2.45) is 12.0 Å². The molecule has 0 radical (unpaired) electrons. The predicted molar refractivity (Wildman–Crippen MR) is 98.3 cm³/mol. The lowest BCUT2D eigenvalue weighted by Gasteiger charge is -2.26. The molecule has 1 aromatic rings. The van der Waals surface area contributed by atoms with Gasteiger partial charge in [-0.05, 0) is 42.4 Å². The third kappa shape index (κ3) is 5.65. The van der Waals surface area contributed by atoms with Crippen LogP contribution in [0.5, 0.6) is 0 Å². The van der Waals surface area contributed by atoms with Crippen LogP contribution in [0.2, 0.25) is 0 Å². The first-order valence-electron chi connectivity index (χ1n) is 7.81. The Balaban J connectivity index is 2.48. The molecular weight excluding hydrogens is 342 g/mol. The van der Waals surface area contributed by atoms with E-state index in [9.17, 15) is 0 Å². The summed E-state index contributed by atoms with van der Waals surface area (Å²) in [5.74, 6) is 0.926. The van der Waals surface area contributed by atoms with Crippen molar-refractivity contribution in [3.05, 3.63) is 22.4 Å². The fourth-order valence-electron chi connectivity index (χ4n) is 2.30. The van der Waals surface area contributed by atoms with Gasteiger partial charge in [0.05, 0.1) is 6.54 Å². The fourth-order valence-corrected chi connectivity index (χ4v) is 2.87. The van der Waals surface area contributed by atoms with Crippen molar-refractivity contribution in [1.82, 2.24) is 19.7 Å². The maximum absolute atomic E-state index is 4.37. The number of nitrogens with one attached hydrogen (secondary N) is 1. The van der Waals surface area contributed by atoms with Gasteiger partial charge in [-0.25, -0.2) is 0 Å². The SMILES string of the molecule is CCC(C)N(C)CCNC(=NC)N(C)Cc1cc(Br)cn1C. The van der Waals surface area contributed by atoms with Crippen LogP contribution < -0.4 is 5.32 Å². The summed E-state index contributed by atoms with van der Waals surface area (Å²) in [6.45, 7) is 7.21. The first kappa shape index (κ1) is 19.0. The summed E-state index contributed by atoms with van der Waals surface area (Å²) in [7, 11) is 8.13. The molecule has 6 heteroatoms. The number of rotatable bonds is 7. The molecule has 0 aliphatic rings. The Bertz CT molecular complexity index is 483. The second-order valence-corrected chi connectivity index (χ2v) is 6.74. The summed E-state index contributed by atoms with van der Waals surface area (Å²) in [5.41, 5.74) is 1.24. The van der Waals surface area contributed by atoms with Gasteiger partial charge < -0.3 is 19.7 Å². The van der Waals surface area contributed by atoms with Crippen molar-refractivity contribution in [2.45, 2.75) is 32.9 Å². The molecule has 0 spiro atoms. The van der Waals surface area contributed by atoms with Crippen LogP contribution >= 0.6 is 15.9 Å². The number of aliphatic imine (C=N–C) groups is 1. The number of halogens is 1. The predicted octanol–water partition coefficient (Wildman–Crippen LogP) is 2.53. The summed E-state index contributed by atoms with van der Waals surface area (Å²) in [4.78, 5) is 8.89. The van der Waals surface area contributed by atoms with Gasteiger partial charge in [0.15, 0.2) is 5.96 Å². The molecule has 0 saturated heterocycles. The normalized spacial score (nSPS) is 13.5. The third-order valence-corrected chi connectivity index (χ3v) is 4.57. The first-order valence-corrected chi connectivity index (χ1v) is 8.61. The number of likely N-dealkylation sites (N-methyl/N-ethyl adjacent to an activating group) is 1. The summed E-state index contributed by atoms with van der Waals surface area (Å²) < 4.78 is 3.24. The molecule has 1 atom stereocenters. The molecule has 0 amide bonds. The summed E-state index contributed by atoms with van der Waals surface area (Å²) in [5, 5.41) is 3.44. The highest BCUT2D eigenvalue weighted by Crippen LogP contribution is 2.14. The molecule has 1 unspecified atom stereocenters. The zero-order valence-corrected chi connectivity index (χ0v) is 16.3. The number of nitrogens with zero attached hydrogens (tertiary/aromatic N) is 4. The fraction of sp³-hybridized carbons (Fsp3) is 0.688. The molecule has 126 valence electrons. The molecule has 0 aliphatic carbocycles. The summed E-state index contributed by atoms with van der Waals surface area (Å²) >= 11 is 3.51. The Morgan fingerprint density at radius 3 is 2.64 bits per heavy atom. The zero-order valence-electron chi connectivity index (χ0n) is 14.7. The van der Waals surface area contributed by atoms with E-state index in [1.165, 1.54) is 12.1 Å². The number of hydrogen-bond donors (Lipinski definition) is 1. The van der Waals surface area contributed by atoms with Gasteiger partial charge >= 0.3 is 0 Å². The van der Waals surface area contributed by atoms with E-state index >= 15 is 0 Å². The minimum absolute atomic E-state index is 0.613. The van der Waals surface area contributed by atoms with Crippen molar-refractivity contribution in [2.75, 3.05) is 34.2 Å². The molecule has 1 N–H and O–H groups in total. The van der Waals surface area contributed by atoms with Gasteiger partial charge in [0.2, 0.25) is 0 Å². The minimum Gasteiger partial charge on any atom is -0.355 e. The number of aryl methyl sites for hydroxylation is 1. The maximum atomic E-state index is 4.37. The van der Waals surface area contributed by atoms with E-state index in [1.807, 2.05) is 7.05 Å². The Hall–Kier alpha value is -1.01. The molecule has 5 nitrogen and oxygen atoms in total. The highest BCUT2D eigenvalue weighted by molar-refractivity contribution is 9.10. The van der Waals surface area contributed by atoms with Crippen molar-refractivity contribution in [1.29, 1.82) is 0 Å². The molecule has 0 bridgehead atoms. The second-order valence-electron chi connectivity index (χ2n) is 5.83. The van der Waals surface area contributed by atoms with Gasteiger partial charge in [-0.3, -0.25) is 4.99 Å². The van der Waals surface area contributed by atoms with Crippen LogP contribution in [0.3, 0.4) is 0 Å². The van der Waals surface area contributed by atoms with E-state index in [1.54, 1.807) is 0 Å². The van der Waals surface area contributed by atoms with Gasteiger partial charge in [0, 0.05) is 56.6 Å². The lowest BCUT2D eigenvalue weighted by atomic mass is 10.2. The van der Waals surface area contributed by atoms with E-state index in [0.717, 1.165) is 30.1 Å². The Morgan fingerprint density at radius 2 is 2.14 bits per heavy atom. The van der Waals surface area contributed by atoms with Gasteiger partial charge in [0.25, 0.3) is 0 Å². The van der Waals surface area contributed by atoms with Gasteiger partial charge in [0.1, 0.15) is 0 Å². The van der Waals surface area contributed by atoms with Crippen LogP contribution in [-0.4, -0.2) is 60.6 Å². The van der Waals surface area contributed by atoms with Crippen LogP contribution in [0, 0.1) is 0 Å². The molecule has 1 heterocycles. The average Bonchev–Trinajstić information content (AvgIpc) is 2.80. The van der Waals surface area contributed by atoms with E-state index in [-0.39, 0.29) is 0 Å². The van der Waals surface area contributed by atoms with E-state index < -0.39 is 0 Å². The second kappa shape index (κ2) is 9.20. The maximum Gasteiger partial charge on any atom is 0.193 e. The molecule has 0 fully saturated rings. The van der Waals surface area contributed by atoms with Crippen LogP contribution in [0.15, 0.2) is 21.7 Å². The first-order chi connectivity index (χ1) is 10.4. The van der Waals surface area contributed by atoms with E-state index in [0.29, 0.717) is 6.04 Å². The molecular formula is C16H30BrN5. The van der Waals surface area contributed by atoms with Gasteiger partial charge in [-0.2, -0.15) is 0 Å². The van der Waals surface area contributed by atoms with Crippen molar-refractivity contribution >= 4 is 21.9 Å². The van der Waals surface area contributed by atoms with Crippen molar-refractivity contribution < 1.29 is 0 Å². The minimum atomic E-state index is 0.613. The third-order valence-electron chi connectivity index (χ3n) is 4.14. The largest absolute Gasteiger partial charge is 0.355 e. The highest BCUT2D eigenvalue weighted by Gasteiger charge is 2.10. The highest BCUT2D eigenvalue weighted by atomic mass is 79.9. The summed E-state index contributed by atoms with van der Waals surface area (Å²) in [6.07, 6.45) is 3.24. The topological polar surface area (TPSA) is 35.8 Å². The Labute approximate surface area is 143 Å². The van der Waals surface area contributed by atoms with Crippen molar-refractivity contribution in [3.63, 3.8) is 0 Å². The van der Waals surface area contributed by atoms with Gasteiger partial charge in [-0.15, -0.1) is 0 Å². The lowest BCUT2D eigenvalue weighted by Crippen LogP contribution is -2.43. The van der Waals surface area contributed by atoms with Crippen molar-refractivity contribution in [3.8, 4) is 0 Å². The monoisotopic (exact) mass is 371 g/mol. The molecule has 1 rings (SSSR count). The van der Waals surface area contributed by atoms with Crippen LogP contribution in [0.25, 0.3) is 0 Å². The molecule has 0 aliphatic heterocycles. The van der Waals surface area contributed by atoms with Crippen LogP contribution in [-0.2, 0) is 13.6 Å². The van der Waals surface area contributed by atoms with E-state index in [2.05, 4.69) is 87.9 Å². The van der Waals surface area contributed by atoms with Crippen LogP contribution in [0.4, 0.5) is 0 Å². The van der Waals surface area contributed by atoms with E-state index in [4.69, 9.17) is 0 Å². The molecule has 0 saturated carbocycles. The lowest BCUT2D eigenvalue weighted by molar-refractivity contribution is 0.255. The smallest absolute Gasteiger partial charge is 0.193 e. The Kier molecular flexibility index (Phi) is 7.96. The number of hydrogen-bond acceptors (Lipinski definition) is 2. The standard InChI is InChI=1S/C16H30BrN5/c1-7-13(2)20(4)9-8-19-16(18-3)22(6)12-15-10-14(17)11-21(15)5/h10-11,13H,7-9,12H2,1-6H3,(H,18,19). The molecule has 22 heavy (non-hydrogen) atoms. The quantitative estimate of drug-likeness (QED) is 0.590. The zero-order chi connectivity index (χ0) is 16.7. The molecule has 0 aromatic carbocycles. The molecule has 1 aromatic heterocycles. The Morgan fingerprint density at radius 1 is 1.45 bits per heavy atom. The number of aromatic nitrogens is 1. The average molecular weight is 372 g/mol. The van der Waals surface area contributed by atoms with Gasteiger partial charge in [-0.1, -0.05) is 6.92 Å². The number of guanidine groups is 1.